The summed E-state index contributed by atoms with van der Waals surface area (Å²) in [5, 5.41) is 4.04. The van der Waals surface area contributed by atoms with Gasteiger partial charge in [0.2, 0.25) is 0 Å². The van der Waals surface area contributed by atoms with Gasteiger partial charge in [0, 0.05) is 12.4 Å². The molecule has 2 aromatic heterocycles. The number of aromatic nitrogens is 3. The molecule has 3 aromatic rings. The number of benzene rings is 1. The molecule has 0 radical (unpaired) electrons. The smallest absolute Gasteiger partial charge is 0.106 e. The molecule has 2 heterocycles. The number of nitrogens with zero attached hydrogens (tertiary/aromatic N) is 3. The zero-order chi connectivity index (χ0) is 14.7. The van der Waals surface area contributed by atoms with Crippen LogP contribution in [0.4, 0.5) is 5.69 Å². The molecule has 0 atom stereocenters. The highest BCUT2D eigenvalue weighted by Gasteiger charge is 2.09. The number of rotatable bonds is 4. The highest BCUT2D eigenvalue weighted by atomic mass is 79.9. The molecule has 0 fully saturated rings. The van der Waals surface area contributed by atoms with E-state index in [-0.39, 0.29) is 0 Å². The number of para-hydroxylation sites is 1. The number of imidazole rings is 1. The van der Waals surface area contributed by atoms with Crippen LogP contribution < -0.4 is 5.32 Å². The van der Waals surface area contributed by atoms with Crippen LogP contribution in [0.2, 0.25) is 5.02 Å². The molecule has 3 rings (SSSR count). The maximum atomic E-state index is 6.32. The van der Waals surface area contributed by atoms with Crippen molar-refractivity contribution in [3.8, 4) is 5.69 Å². The average Bonchev–Trinajstić information content (AvgIpc) is 2.99. The van der Waals surface area contributed by atoms with E-state index in [4.69, 9.17) is 11.6 Å². The minimum absolute atomic E-state index is 0.613. The standard InChI is InChI=1S/C15H12BrClN4/c16-14-6-1-3-11(20-14)9-19-13-5-2-4-12(17)15(13)21-8-7-18-10-21/h1-8,10,19H,9H2. The lowest BCUT2D eigenvalue weighted by Gasteiger charge is -2.14. The molecule has 0 amide bonds. The van der Waals surface area contributed by atoms with Crippen molar-refractivity contribution in [1.82, 2.24) is 14.5 Å². The van der Waals surface area contributed by atoms with Gasteiger partial charge in [0.1, 0.15) is 4.60 Å². The molecule has 1 N–H and O–H groups in total. The van der Waals surface area contributed by atoms with Gasteiger partial charge in [0.05, 0.1) is 35.0 Å². The van der Waals surface area contributed by atoms with Crippen molar-refractivity contribution in [2.75, 3.05) is 5.32 Å². The predicted octanol–water partition coefficient (Wildman–Crippen LogP) is 4.30. The predicted molar refractivity (Wildman–Crippen MR) is 87.8 cm³/mol. The van der Waals surface area contributed by atoms with Crippen LogP contribution in [0.1, 0.15) is 5.69 Å². The van der Waals surface area contributed by atoms with E-state index >= 15 is 0 Å². The highest BCUT2D eigenvalue weighted by Crippen LogP contribution is 2.28. The van der Waals surface area contributed by atoms with Gasteiger partial charge in [-0.15, -0.1) is 0 Å². The fourth-order valence-corrected chi connectivity index (χ4v) is 2.70. The third-order valence-corrected chi connectivity index (χ3v) is 3.73. The maximum Gasteiger partial charge on any atom is 0.106 e. The third-order valence-electron chi connectivity index (χ3n) is 2.98. The fraction of sp³-hybridized carbons (Fsp3) is 0.0667. The molecular formula is C15H12BrClN4. The highest BCUT2D eigenvalue weighted by molar-refractivity contribution is 9.10. The summed E-state index contributed by atoms with van der Waals surface area (Å²) in [6.07, 6.45) is 5.32. The van der Waals surface area contributed by atoms with Crippen molar-refractivity contribution in [2.45, 2.75) is 6.54 Å². The third kappa shape index (κ3) is 3.25. The fourth-order valence-electron chi connectivity index (χ4n) is 2.05. The number of hydrogen-bond acceptors (Lipinski definition) is 3. The molecule has 0 saturated carbocycles. The van der Waals surface area contributed by atoms with Gasteiger partial charge in [0.25, 0.3) is 0 Å². The zero-order valence-corrected chi connectivity index (χ0v) is 13.3. The van der Waals surface area contributed by atoms with Crippen molar-refractivity contribution in [2.24, 2.45) is 0 Å². The Morgan fingerprint density at radius 1 is 1.19 bits per heavy atom. The molecule has 0 bridgehead atoms. The first-order valence-electron chi connectivity index (χ1n) is 6.36. The van der Waals surface area contributed by atoms with E-state index in [1.807, 2.05) is 47.2 Å². The van der Waals surface area contributed by atoms with E-state index < -0.39 is 0 Å². The zero-order valence-electron chi connectivity index (χ0n) is 11.0. The SMILES string of the molecule is Clc1cccc(NCc2cccc(Br)n2)c1-n1ccnc1. The van der Waals surface area contributed by atoms with E-state index in [2.05, 4.69) is 31.2 Å². The summed E-state index contributed by atoms with van der Waals surface area (Å²) in [5.41, 5.74) is 2.76. The second kappa shape index (κ2) is 6.28. The van der Waals surface area contributed by atoms with Crippen LogP contribution in [-0.4, -0.2) is 14.5 Å². The summed E-state index contributed by atoms with van der Waals surface area (Å²) in [5.74, 6) is 0. The normalized spacial score (nSPS) is 10.6. The Bertz CT molecular complexity index is 743. The molecule has 0 aliphatic rings. The Kier molecular flexibility index (Phi) is 4.22. The Balaban J connectivity index is 1.88. The van der Waals surface area contributed by atoms with Crippen LogP contribution in [0.25, 0.3) is 5.69 Å². The van der Waals surface area contributed by atoms with Crippen molar-refractivity contribution in [1.29, 1.82) is 0 Å². The molecule has 4 nitrogen and oxygen atoms in total. The average molecular weight is 364 g/mol. The van der Waals surface area contributed by atoms with Gasteiger partial charge in [-0.3, -0.25) is 0 Å². The molecular weight excluding hydrogens is 352 g/mol. The number of anilines is 1. The Morgan fingerprint density at radius 2 is 2.05 bits per heavy atom. The largest absolute Gasteiger partial charge is 0.378 e. The monoisotopic (exact) mass is 362 g/mol. The van der Waals surface area contributed by atoms with Crippen LogP contribution in [0.3, 0.4) is 0 Å². The number of halogens is 2. The number of pyridine rings is 1. The minimum atomic E-state index is 0.613. The first-order valence-corrected chi connectivity index (χ1v) is 7.53. The van der Waals surface area contributed by atoms with E-state index in [0.29, 0.717) is 11.6 Å². The molecule has 6 heteroatoms. The first kappa shape index (κ1) is 14.1. The second-order valence-corrected chi connectivity index (χ2v) is 5.63. The number of nitrogens with one attached hydrogen (secondary N) is 1. The van der Waals surface area contributed by atoms with Gasteiger partial charge in [-0.05, 0) is 40.2 Å². The van der Waals surface area contributed by atoms with Crippen LogP contribution >= 0.6 is 27.5 Å². The molecule has 0 spiro atoms. The van der Waals surface area contributed by atoms with Gasteiger partial charge < -0.3 is 9.88 Å². The second-order valence-electron chi connectivity index (χ2n) is 4.41. The molecule has 0 aliphatic carbocycles. The van der Waals surface area contributed by atoms with Gasteiger partial charge in [-0.1, -0.05) is 23.7 Å². The van der Waals surface area contributed by atoms with E-state index in [9.17, 15) is 0 Å². The van der Waals surface area contributed by atoms with Gasteiger partial charge >= 0.3 is 0 Å². The Hall–Kier alpha value is -1.85. The quantitative estimate of drug-likeness (QED) is 0.703. The Morgan fingerprint density at radius 3 is 2.81 bits per heavy atom. The number of hydrogen-bond donors (Lipinski definition) is 1. The van der Waals surface area contributed by atoms with Crippen LogP contribution in [-0.2, 0) is 6.54 Å². The van der Waals surface area contributed by atoms with Crippen LogP contribution in [0.5, 0.6) is 0 Å². The van der Waals surface area contributed by atoms with Gasteiger partial charge in [-0.2, -0.15) is 0 Å². The first-order chi connectivity index (χ1) is 10.2. The summed E-state index contributed by atoms with van der Waals surface area (Å²) in [6, 6.07) is 11.6. The molecule has 21 heavy (non-hydrogen) atoms. The maximum absolute atomic E-state index is 6.32. The molecule has 0 saturated heterocycles. The van der Waals surface area contributed by atoms with Crippen molar-refractivity contribution < 1.29 is 0 Å². The van der Waals surface area contributed by atoms with Crippen LogP contribution in [0, 0.1) is 0 Å². The molecule has 106 valence electrons. The molecule has 0 aliphatic heterocycles. The van der Waals surface area contributed by atoms with Gasteiger partial charge in [0.15, 0.2) is 0 Å². The summed E-state index contributed by atoms with van der Waals surface area (Å²) >= 11 is 9.69. The summed E-state index contributed by atoms with van der Waals surface area (Å²) < 4.78 is 2.71. The van der Waals surface area contributed by atoms with E-state index in [1.165, 1.54) is 0 Å². The lowest BCUT2D eigenvalue weighted by atomic mass is 10.2. The lowest BCUT2D eigenvalue weighted by Crippen LogP contribution is -2.05. The summed E-state index contributed by atoms with van der Waals surface area (Å²) in [4.78, 5) is 8.47. The van der Waals surface area contributed by atoms with Gasteiger partial charge in [-0.25, -0.2) is 9.97 Å². The molecule has 1 aromatic carbocycles. The van der Waals surface area contributed by atoms with Crippen molar-refractivity contribution >= 4 is 33.2 Å². The van der Waals surface area contributed by atoms with E-state index in [0.717, 1.165) is 21.7 Å². The summed E-state index contributed by atoms with van der Waals surface area (Å²) in [7, 11) is 0. The van der Waals surface area contributed by atoms with E-state index in [1.54, 1.807) is 12.5 Å². The van der Waals surface area contributed by atoms with Crippen molar-refractivity contribution in [3.63, 3.8) is 0 Å². The topological polar surface area (TPSA) is 42.7 Å². The Labute approximate surface area is 135 Å². The molecule has 0 unspecified atom stereocenters. The van der Waals surface area contributed by atoms with Crippen LogP contribution in [0.15, 0.2) is 59.7 Å². The van der Waals surface area contributed by atoms with Crippen molar-refractivity contribution in [3.05, 3.63) is 70.4 Å². The minimum Gasteiger partial charge on any atom is -0.378 e. The lowest BCUT2D eigenvalue weighted by molar-refractivity contribution is 1.01. The summed E-state index contributed by atoms with van der Waals surface area (Å²) in [6.45, 7) is 0.613.